The van der Waals surface area contributed by atoms with Gasteiger partial charge < -0.3 is 5.32 Å². The summed E-state index contributed by atoms with van der Waals surface area (Å²) in [7, 11) is 0. The maximum Gasteiger partial charge on any atom is 0.225 e. The van der Waals surface area contributed by atoms with E-state index in [-0.39, 0.29) is 11.9 Å². The van der Waals surface area contributed by atoms with E-state index in [9.17, 15) is 4.79 Å². The number of aromatic nitrogens is 1. The van der Waals surface area contributed by atoms with Crippen molar-refractivity contribution in [1.29, 1.82) is 0 Å². The average molecular weight is 337 g/mol. The summed E-state index contributed by atoms with van der Waals surface area (Å²) in [6.45, 7) is 0. The van der Waals surface area contributed by atoms with Crippen molar-refractivity contribution in [1.82, 2.24) is 10.3 Å². The molecule has 1 N–H and O–H groups in total. The Labute approximate surface area is 146 Å². The second kappa shape index (κ2) is 7.75. The van der Waals surface area contributed by atoms with Crippen molar-refractivity contribution in [2.75, 3.05) is 0 Å². The van der Waals surface area contributed by atoms with Gasteiger partial charge in [-0.05, 0) is 35.4 Å². The van der Waals surface area contributed by atoms with Crippen molar-refractivity contribution in [2.45, 2.75) is 12.5 Å². The smallest absolute Gasteiger partial charge is 0.225 e. The van der Waals surface area contributed by atoms with Crippen LogP contribution in [0.25, 0.3) is 0 Å². The number of amides is 1. The molecule has 0 spiro atoms. The van der Waals surface area contributed by atoms with Crippen LogP contribution in [0.2, 0.25) is 5.02 Å². The molecule has 1 amide bonds. The first-order valence-electron chi connectivity index (χ1n) is 7.72. The van der Waals surface area contributed by atoms with E-state index in [0.717, 1.165) is 16.8 Å². The van der Waals surface area contributed by atoms with Crippen molar-refractivity contribution >= 4 is 17.5 Å². The second-order valence-corrected chi connectivity index (χ2v) is 5.91. The van der Waals surface area contributed by atoms with Crippen LogP contribution >= 0.6 is 11.6 Å². The SMILES string of the molecule is O=C(Cc1ccc(Cl)cc1)N[C@@H](c1ccccc1)c1ccccn1. The molecule has 0 radical (unpaired) electrons. The van der Waals surface area contributed by atoms with Crippen molar-refractivity contribution in [3.8, 4) is 0 Å². The molecule has 0 aliphatic heterocycles. The molecule has 3 rings (SSSR count). The molecule has 3 aromatic rings. The maximum atomic E-state index is 12.5. The summed E-state index contributed by atoms with van der Waals surface area (Å²) in [5.41, 5.74) is 2.73. The van der Waals surface area contributed by atoms with E-state index in [0.29, 0.717) is 11.4 Å². The number of hydrogen-bond acceptors (Lipinski definition) is 2. The number of nitrogens with zero attached hydrogens (tertiary/aromatic N) is 1. The third kappa shape index (κ3) is 4.21. The lowest BCUT2D eigenvalue weighted by molar-refractivity contribution is -0.120. The number of carbonyl (C=O) groups is 1. The maximum absolute atomic E-state index is 12.5. The van der Waals surface area contributed by atoms with Crippen LogP contribution in [-0.2, 0) is 11.2 Å². The summed E-state index contributed by atoms with van der Waals surface area (Å²) in [5.74, 6) is -0.0585. The highest BCUT2D eigenvalue weighted by Gasteiger charge is 2.17. The summed E-state index contributed by atoms with van der Waals surface area (Å²) in [6, 6.07) is 22.6. The van der Waals surface area contributed by atoms with E-state index in [4.69, 9.17) is 11.6 Å². The number of rotatable bonds is 5. The Morgan fingerprint density at radius 3 is 2.33 bits per heavy atom. The lowest BCUT2D eigenvalue weighted by Gasteiger charge is -2.19. The van der Waals surface area contributed by atoms with E-state index in [2.05, 4.69) is 10.3 Å². The Kier molecular flexibility index (Phi) is 5.24. The normalized spacial score (nSPS) is 11.7. The number of benzene rings is 2. The number of halogens is 1. The summed E-state index contributed by atoms with van der Waals surface area (Å²) in [5, 5.41) is 3.74. The standard InChI is InChI=1S/C20H17ClN2O/c21-17-11-9-15(10-12-17)14-19(24)23-20(16-6-2-1-3-7-16)18-8-4-5-13-22-18/h1-13,20H,14H2,(H,23,24)/t20-/m0/s1. The predicted octanol–water partition coefficient (Wildman–Crippen LogP) is 4.18. The summed E-state index contributed by atoms with van der Waals surface area (Å²) in [6.07, 6.45) is 2.03. The van der Waals surface area contributed by atoms with Gasteiger partial charge in [0, 0.05) is 11.2 Å². The second-order valence-electron chi connectivity index (χ2n) is 5.47. The number of carbonyl (C=O) groups excluding carboxylic acids is 1. The van der Waals surface area contributed by atoms with Gasteiger partial charge >= 0.3 is 0 Å². The zero-order valence-electron chi connectivity index (χ0n) is 13.0. The minimum Gasteiger partial charge on any atom is -0.343 e. The van der Waals surface area contributed by atoms with Gasteiger partial charge in [-0.25, -0.2) is 0 Å². The fraction of sp³-hybridized carbons (Fsp3) is 0.100. The highest BCUT2D eigenvalue weighted by atomic mass is 35.5. The van der Waals surface area contributed by atoms with Crippen LogP contribution < -0.4 is 5.32 Å². The molecule has 0 unspecified atom stereocenters. The fourth-order valence-corrected chi connectivity index (χ4v) is 2.65. The number of hydrogen-bond donors (Lipinski definition) is 1. The Morgan fingerprint density at radius 2 is 1.67 bits per heavy atom. The van der Waals surface area contributed by atoms with Gasteiger partial charge in [0.2, 0.25) is 5.91 Å². The molecular weight excluding hydrogens is 320 g/mol. The molecular formula is C20H17ClN2O. The van der Waals surface area contributed by atoms with Crippen LogP contribution in [0, 0.1) is 0 Å². The molecule has 0 aliphatic rings. The minimum absolute atomic E-state index is 0.0585. The van der Waals surface area contributed by atoms with E-state index in [1.807, 2.05) is 60.7 Å². The summed E-state index contributed by atoms with van der Waals surface area (Å²) < 4.78 is 0. The third-order valence-electron chi connectivity index (χ3n) is 3.70. The van der Waals surface area contributed by atoms with Gasteiger partial charge in [-0.2, -0.15) is 0 Å². The van der Waals surface area contributed by atoms with E-state index in [1.54, 1.807) is 18.3 Å². The third-order valence-corrected chi connectivity index (χ3v) is 3.95. The Balaban J connectivity index is 1.79. The van der Waals surface area contributed by atoms with Gasteiger partial charge in [-0.3, -0.25) is 9.78 Å². The highest BCUT2D eigenvalue weighted by Crippen LogP contribution is 2.20. The van der Waals surface area contributed by atoms with Crippen molar-refractivity contribution in [3.63, 3.8) is 0 Å². The van der Waals surface area contributed by atoms with E-state index >= 15 is 0 Å². The first-order chi connectivity index (χ1) is 11.7. The van der Waals surface area contributed by atoms with Crippen LogP contribution in [-0.4, -0.2) is 10.9 Å². The van der Waals surface area contributed by atoms with Gasteiger partial charge in [-0.15, -0.1) is 0 Å². The number of nitrogens with one attached hydrogen (secondary N) is 1. The van der Waals surface area contributed by atoms with Gasteiger partial charge in [0.05, 0.1) is 18.2 Å². The van der Waals surface area contributed by atoms with Crippen LogP contribution in [0.4, 0.5) is 0 Å². The van der Waals surface area contributed by atoms with Crippen molar-refractivity contribution in [3.05, 3.63) is 101 Å². The van der Waals surface area contributed by atoms with E-state index in [1.165, 1.54) is 0 Å². The zero-order valence-corrected chi connectivity index (χ0v) is 13.8. The molecule has 2 aromatic carbocycles. The lowest BCUT2D eigenvalue weighted by atomic mass is 10.0. The molecule has 1 aromatic heterocycles. The van der Waals surface area contributed by atoms with Gasteiger partial charge in [0.1, 0.15) is 0 Å². The molecule has 0 aliphatic carbocycles. The monoisotopic (exact) mass is 336 g/mol. The largest absolute Gasteiger partial charge is 0.343 e. The minimum atomic E-state index is -0.271. The van der Waals surface area contributed by atoms with Gasteiger partial charge in [0.15, 0.2) is 0 Å². The molecule has 0 saturated heterocycles. The van der Waals surface area contributed by atoms with Gasteiger partial charge in [-0.1, -0.05) is 60.1 Å². The Morgan fingerprint density at radius 1 is 0.958 bits per heavy atom. The van der Waals surface area contributed by atoms with Crippen molar-refractivity contribution in [2.24, 2.45) is 0 Å². The Bertz CT molecular complexity index is 749. The molecule has 120 valence electrons. The molecule has 1 atom stereocenters. The lowest BCUT2D eigenvalue weighted by Crippen LogP contribution is -2.31. The molecule has 3 nitrogen and oxygen atoms in total. The van der Waals surface area contributed by atoms with Crippen LogP contribution in [0.5, 0.6) is 0 Å². The van der Waals surface area contributed by atoms with Crippen LogP contribution in [0.3, 0.4) is 0 Å². The van der Waals surface area contributed by atoms with Crippen molar-refractivity contribution < 1.29 is 4.79 Å². The molecule has 4 heteroatoms. The first kappa shape index (κ1) is 16.2. The molecule has 0 saturated carbocycles. The quantitative estimate of drug-likeness (QED) is 0.759. The fourth-order valence-electron chi connectivity index (χ4n) is 2.52. The number of pyridine rings is 1. The van der Waals surface area contributed by atoms with Gasteiger partial charge in [0.25, 0.3) is 0 Å². The summed E-state index contributed by atoms with van der Waals surface area (Å²) in [4.78, 5) is 16.9. The molecule has 24 heavy (non-hydrogen) atoms. The topological polar surface area (TPSA) is 42.0 Å². The molecule has 1 heterocycles. The predicted molar refractivity (Wildman–Crippen MR) is 95.8 cm³/mol. The van der Waals surface area contributed by atoms with Crippen LogP contribution in [0.1, 0.15) is 22.9 Å². The zero-order chi connectivity index (χ0) is 16.8. The van der Waals surface area contributed by atoms with E-state index < -0.39 is 0 Å². The molecule has 0 bridgehead atoms. The molecule has 0 fully saturated rings. The average Bonchev–Trinajstić information content (AvgIpc) is 2.63. The first-order valence-corrected chi connectivity index (χ1v) is 8.10. The Hall–Kier alpha value is -2.65. The highest BCUT2D eigenvalue weighted by molar-refractivity contribution is 6.30. The summed E-state index contributed by atoms with van der Waals surface area (Å²) >= 11 is 5.88. The van der Waals surface area contributed by atoms with Crippen LogP contribution in [0.15, 0.2) is 79.0 Å².